The van der Waals surface area contributed by atoms with E-state index in [1.807, 2.05) is 18.2 Å². The van der Waals surface area contributed by atoms with Crippen LogP contribution in [0.5, 0.6) is 0 Å². The Hall–Kier alpha value is -2.93. The fraction of sp³-hybridized carbons (Fsp3) is 0.286. The third kappa shape index (κ3) is 4.24. The van der Waals surface area contributed by atoms with Gasteiger partial charge in [-0.25, -0.2) is 9.18 Å². The smallest absolute Gasteiger partial charge is 0.321 e. The van der Waals surface area contributed by atoms with Crippen molar-refractivity contribution in [1.82, 2.24) is 15.0 Å². The summed E-state index contributed by atoms with van der Waals surface area (Å²) in [7, 11) is 0. The molecule has 1 aliphatic heterocycles. The summed E-state index contributed by atoms with van der Waals surface area (Å²) in [6.45, 7) is 2.78. The number of carbonyl (C=O) groups excluding carboxylic acids is 1. The molecule has 29 heavy (non-hydrogen) atoms. The maximum atomic E-state index is 13.7. The second kappa shape index (κ2) is 8.21. The molecule has 0 radical (unpaired) electrons. The summed E-state index contributed by atoms with van der Waals surface area (Å²) in [6.07, 6.45) is 1.42. The van der Waals surface area contributed by atoms with Crippen LogP contribution in [0, 0.1) is 12.7 Å². The second-order valence-electron chi connectivity index (χ2n) is 7.09. The van der Waals surface area contributed by atoms with Crippen LogP contribution in [0.3, 0.4) is 0 Å². The van der Waals surface area contributed by atoms with Gasteiger partial charge >= 0.3 is 6.03 Å². The van der Waals surface area contributed by atoms with Crippen molar-refractivity contribution in [3.63, 3.8) is 0 Å². The van der Waals surface area contributed by atoms with E-state index in [4.69, 9.17) is 16.1 Å². The number of aryl methyl sites for hydroxylation is 1. The summed E-state index contributed by atoms with van der Waals surface area (Å²) in [5.41, 5.74) is 1.72. The van der Waals surface area contributed by atoms with Crippen LogP contribution in [0.2, 0.25) is 5.02 Å². The van der Waals surface area contributed by atoms with Crippen molar-refractivity contribution in [2.24, 2.45) is 0 Å². The summed E-state index contributed by atoms with van der Waals surface area (Å²) in [5, 5.41) is 7.36. The molecular formula is C21H20ClFN4O2. The van der Waals surface area contributed by atoms with E-state index < -0.39 is 0 Å². The van der Waals surface area contributed by atoms with Crippen molar-refractivity contribution < 1.29 is 13.7 Å². The summed E-state index contributed by atoms with van der Waals surface area (Å²) in [6, 6.07) is 11.8. The van der Waals surface area contributed by atoms with Crippen molar-refractivity contribution in [3.8, 4) is 11.4 Å². The van der Waals surface area contributed by atoms with Crippen molar-refractivity contribution in [3.05, 3.63) is 64.8 Å². The number of urea groups is 1. The van der Waals surface area contributed by atoms with Crippen molar-refractivity contribution in [1.29, 1.82) is 0 Å². The van der Waals surface area contributed by atoms with Crippen molar-refractivity contribution in [2.45, 2.75) is 25.7 Å². The quantitative estimate of drug-likeness (QED) is 0.635. The van der Waals surface area contributed by atoms with Crippen LogP contribution < -0.4 is 5.32 Å². The highest BCUT2D eigenvalue weighted by molar-refractivity contribution is 6.33. The Balaban J connectivity index is 1.36. The molecule has 3 aromatic rings. The molecule has 150 valence electrons. The molecule has 0 aliphatic carbocycles. The van der Waals surface area contributed by atoms with Gasteiger partial charge in [-0.2, -0.15) is 4.98 Å². The molecule has 8 heteroatoms. The molecule has 0 bridgehead atoms. The zero-order chi connectivity index (χ0) is 20.4. The molecule has 0 saturated carbocycles. The average molecular weight is 415 g/mol. The minimum atomic E-state index is -0.341. The molecule has 1 fully saturated rings. The number of nitrogens with zero attached hydrogens (tertiary/aromatic N) is 3. The normalized spacial score (nSPS) is 14.8. The van der Waals surface area contributed by atoms with Gasteiger partial charge in [0.1, 0.15) is 5.82 Å². The minimum absolute atomic E-state index is 0.0830. The molecule has 2 aromatic carbocycles. The van der Waals surface area contributed by atoms with Crippen molar-refractivity contribution in [2.75, 3.05) is 18.4 Å². The van der Waals surface area contributed by atoms with Crippen LogP contribution in [-0.2, 0) is 0 Å². The number of nitrogens with one attached hydrogen (secondary N) is 1. The Morgan fingerprint density at radius 2 is 2.00 bits per heavy atom. The van der Waals surface area contributed by atoms with Crippen LogP contribution >= 0.6 is 11.6 Å². The summed E-state index contributed by atoms with van der Waals surface area (Å²) < 4.78 is 19.1. The van der Waals surface area contributed by atoms with E-state index in [2.05, 4.69) is 15.5 Å². The predicted molar refractivity (Wildman–Crippen MR) is 108 cm³/mol. The lowest BCUT2D eigenvalue weighted by Crippen LogP contribution is -2.40. The number of hydrogen-bond acceptors (Lipinski definition) is 4. The Morgan fingerprint density at radius 1 is 1.24 bits per heavy atom. The topological polar surface area (TPSA) is 71.3 Å². The van der Waals surface area contributed by atoms with Crippen LogP contribution in [0.4, 0.5) is 14.9 Å². The lowest BCUT2D eigenvalue weighted by molar-refractivity contribution is 0.187. The first kappa shape index (κ1) is 19.4. The molecule has 0 atom stereocenters. The van der Waals surface area contributed by atoms with Gasteiger partial charge in [-0.05, 0) is 49.6 Å². The fourth-order valence-electron chi connectivity index (χ4n) is 3.36. The number of amides is 2. The van der Waals surface area contributed by atoms with Crippen LogP contribution in [0.15, 0.2) is 47.0 Å². The summed E-state index contributed by atoms with van der Waals surface area (Å²) in [5.74, 6) is 0.764. The lowest BCUT2D eigenvalue weighted by atomic mass is 9.97. The molecule has 4 rings (SSSR count). The number of benzene rings is 2. The molecule has 1 N–H and O–H groups in total. The first-order valence-electron chi connectivity index (χ1n) is 9.42. The van der Waals surface area contributed by atoms with Crippen LogP contribution in [0.25, 0.3) is 11.4 Å². The first-order valence-corrected chi connectivity index (χ1v) is 9.79. The Morgan fingerprint density at radius 3 is 2.72 bits per heavy atom. The second-order valence-corrected chi connectivity index (χ2v) is 7.50. The van der Waals surface area contributed by atoms with Gasteiger partial charge in [-0.3, -0.25) is 0 Å². The zero-order valence-electron chi connectivity index (χ0n) is 15.9. The van der Waals surface area contributed by atoms with E-state index in [0.717, 1.165) is 5.56 Å². The Labute approximate surface area is 172 Å². The van der Waals surface area contributed by atoms with Gasteiger partial charge < -0.3 is 14.7 Å². The fourth-order valence-corrected chi connectivity index (χ4v) is 3.58. The highest BCUT2D eigenvalue weighted by Crippen LogP contribution is 2.30. The van der Waals surface area contributed by atoms with E-state index in [9.17, 15) is 9.18 Å². The standard InChI is InChI=1S/C21H20ClFN4O2/c1-13-6-7-15(12-18(13)23)24-21(28)27-10-8-14(9-11-27)20-25-19(26-29-20)16-4-2-3-5-17(16)22/h2-7,12,14H,8-11H2,1H3,(H,24,28). The van der Waals surface area contributed by atoms with Crippen LogP contribution in [0.1, 0.15) is 30.2 Å². The largest absolute Gasteiger partial charge is 0.339 e. The maximum absolute atomic E-state index is 13.7. The number of piperidine rings is 1. The van der Waals surface area contributed by atoms with E-state index in [0.29, 0.717) is 53.9 Å². The third-order valence-corrected chi connectivity index (χ3v) is 5.44. The minimum Gasteiger partial charge on any atom is -0.339 e. The zero-order valence-corrected chi connectivity index (χ0v) is 16.6. The molecule has 0 unspecified atom stereocenters. The first-order chi connectivity index (χ1) is 14.0. The highest BCUT2D eigenvalue weighted by atomic mass is 35.5. The van der Waals surface area contributed by atoms with Gasteiger partial charge in [-0.15, -0.1) is 0 Å². The van der Waals surface area contributed by atoms with Gasteiger partial charge in [0.05, 0.1) is 5.02 Å². The predicted octanol–water partition coefficient (Wildman–Crippen LogP) is 5.25. The molecule has 0 spiro atoms. The number of aromatic nitrogens is 2. The molecular weight excluding hydrogens is 395 g/mol. The van der Waals surface area contributed by atoms with E-state index in [1.54, 1.807) is 30.0 Å². The van der Waals surface area contributed by atoms with Gasteiger partial charge in [0, 0.05) is 30.3 Å². The molecule has 2 amide bonds. The van der Waals surface area contributed by atoms with Gasteiger partial charge in [0.2, 0.25) is 11.7 Å². The van der Waals surface area contributed by atoms with E-state index in [-0.39, 0.29) is 17.8 Å². The van der Waals surface area contributed by atoms with Crippen LogP contribution in [-0.4, -0.2) is 34.2 Å². The monoisotopic (exact) mass is 414 g/mol. The van der Waals surface area contributed by atoms with Crippen molar-refractivity contribution >= 4 is 23.3 Å². The molecule has 6 nitrogen and oxygen atoms in total. The Bertz CT molecular complexity index is 1030. The lowest BCUT2D eigenvalue weighted by Gasteiger charge is -2.30. The number of anilines is 1. The number of halogens is 2. The average Bonchev–Trinajstić information content (AvgIpc) is 3.21. The molecule has 1 aromatic heterocycles. The van der Waals surface area contributed by atoms with Gasteiger partial charge in [0.25, 0.3) is 0 Å². The number of carbonyl (C=O) groups is 1. The molecule has 1 aliphatic rings. The van der Waals surface area contributed by atoms with Gasteiger partial charge in [-0.1, -0.05) is 35.0 Å². The Kier molecular flexibility index (Phi) is 5.49. The molecule has 2 heterocycles. The number of rotatable bonds is 3. The van der Waals surface area contributed by atoms with E-state index in [1.165, 1.54) is 6.07 Å². The van der Waals surface area contributed by atoms with Gasteiger partial charge in [0.15, 0.2) is 0 Å². The molecule has 1 saturated heterocycles. The number of likely N-dealkylation sites (tertiary alicyclic amines) is 1. The SMILES string of the molecule is Cc1ccc(NC(=O)N2CCC(c3nc(-c4ccccc4Cl)no3)CC2)cc1F. The highest BCUT2D eigenvalue weighted by Gasteiger charge is 2.28. The summed E-state index contributed by atoms with van der Waals surface area (Å²) >= 11 is 6.20. The third-order valence-electron chi connectivity index (χ3n) is 5.11. The maximum Gasteiger partial charge on any atom is 0.321 e. The van der Waals surface area contributed by atoms with E-state index >= 15 is 0 Å². The summed E-state index contributed by atoms with van der Waals surface area (Å²) in [4.78, 5) is 18.7. The number of hydrogen-bond donors (Lipinski definition) is 1.